The van der Waals surface area contributed by atoms with E-state index in [1.165, 1.54) is 16.2 Å². The lowest BCUT2D eigenvalue weighted by Crippen LogP contribution is -2.37. The number of thioether (sulfide) groups is 2. The van der Waals surface area contributed by atoms with Gasteiger partial charge >= 0.3 is 0 Å². The molecule has 0 bridgehead atoms. The molecule has 3 rings (SSSR count). The number of carbonyl (C=O) groups excluding carboxylic acids is 1. The van der Waals surface area contributed by atoms with Crippen LogP contribution in [-0.2, 0) is 4.79 Å². The average Bonchev–Trinajstić information content (AvgIpc) is 3.19. The average molecular weight is 374 g/mol. The highest BCUT2D eigenvalue weighted by Gasteiger charge is 2.23. The number of nitrogens with zero attached hydrogens (tertiary/aromatic N) is 1. The summed E-state index contributed by atoms with van der Waals surface area (Å²) in [6, 6.07) is 8.17. The van der Waals surface area contributed by atoms with Gasteiger partial charge in [0.05, 0.1) is 11.7 Å². The molecule has 2 aromatic rings. The Morgan fingerprint density at radius 1 is 1.41 bits per heavy atom. The van der Waals surface area contributed by atoms with Gasteiger partial charge in [0.1, 0.15) is 0 Å². The third kappa shape index (κ3) is 4.17. The molecule has 1 aromatic carbocycles. The van der Waals surface area contributed by atoms with Crippen LogP contribution in [0.15, 0.2) is 34.5 Å². The highest BCUT2D eigenvalue weighted by Crippen LogP contribution is 2.27. The van der Waals surface area contributed by atoms with E-state index in [1.54, 1.807) is 23.5 Å². The van der Waals surface area contributed by atoms with Crippen LogP contribution in [0.4, 0.5) is 5.13 Å². The molecule has 1 saturated heterocycles. The van der Waals surface area contributed by atoms with E-state index in [4.69, 9.17) is 0 Å². The third-order valence-electron chi connectivity index (χ3n) is 3.15. The number of carbonyl (C=O) groups is 1. The molecule has 4 nitrogen and oxygen atoms in total. The molecule has 1 aromatic heterocycles. The summed E-state index contributed by atoms with van der Waals surface area (Å²) in [7, 11) is 0. The van der Waals surface area contributed by atoms with Gasteiger partial charge in [-0.05, 0) is 18.4 Å². The predicted molar refractivity (Wildman–Crippen MR) is 99.5 cm³/mol. The van der Waals surface area contributed by atoms with Gasteiger partial charge in [-0.25, -0.2) is 4.98 Å². The Balaban J connectivity index is 0.00000176. The number of benzene rings is 1. The summed E-state index contributed by atoms with van der Waals surface area (Å²) in [6.45, 7) is 0. The number of hydrogen-bond donors (Lipinski definition) is 2. The lowest BCUT2D eigenvalue weighted by atomic mass is 10.2. The minimum atomic E-state index is -0.108. The van der Waals surface area contributed by atoms with E-state index in [9.17, 15) is 4.79 Å². The lowest BCUT2D eigenvalue weighted by Gasteiger charge is -2.07. The van der Waals surface area contributed by atoms with Crippen molar-refractivity contribution in [2.24, 2.45) is 0 Å². The summed E-state index contributed by atoms with van der Waals surface area (Å²) in [6.07, 6.45) is 2.06. The molecule has 1 fully saturated rings. The molecule has 0 spiro atoms. The Morgan fingerprint density at radius 3 is 2.82 bits per heavy atom. The normalized spacial score (nSPS) is 17.0. The maximum atomic E-state index is 12.0. The van der Waals surface area contributed by atoms with Gasteiger partial charge in [-0.1, -0.05) is 12.1 Å². The highest BCUT2D eigenvalue weighted by molar-refractivity contribution is 7.99. The Kier molecular flexibility index (Phi) is 6.58. The fourth-order valence-corrected chi connectivity index (χ4v) is 4.05. The molecule has 22 heavy (non-hydrogen) atoms. The SMILES string of the molecule is CSc1ccc(-c2csc(NC(=O)C3CSCN3)n2)cc1.Cl. The number of aromatic nitrogens is 1. The lowest BCUT2D eigenvalue weighted by molar-refractivity contribution is -0.117. The van der Waals surface area contributed by atoms with Crippen LogP contribution < -0.4 is 10.6 Å². The van der Waals surface area contributed by atoms with Crippen LogP contribution in [0.2, 0.25) is 0 Å². The van der Waals surface area contributed by atoms with Crippen LogP contribution in [0.1, 0.15) is 0 Å². The fraction of sp³-hybridized carbons (Fsp3) is 0.286. The fourth-order valence-electron chi connectivity index (χ4n) is 1.98. The van der Waals surface area contributed by atoms with E-state index in [2.05, 4.69) is 46.1 Å². The molecule has 118 valence electrons. The molecule has 1 atom stereocenters. The number of thiazole rings is 1. The van der Waals surface area contributed by atoms with E-state index in [0.717, 1.165) is 22.9 Å². The van der Waals surface area contributed by atoms with Crippen molar-refractivity contribution in [2.75, 3.05) is 23.2 Å². The quantitative estimate of drug-likeness (QED) is 0.802. The third-order valence-corrected chi connectivity index (χ3v) is 5.59. The van der Waals surface area contributed by atoms with Crippen LogP contribution in [0.3, 0.4) is 0 Å². The highest BCUT2D eigenvalue weighted by atomic mass is 35.5. The minimum Gasteiger partial charge on any atom is -0.301 e. The maximum Gasteiger partial charge on any atom is 0.244 e. The van der Waals surface area contributed by atoms with Gasteiger partial charge < -0.3 is 5.32 Å². The predicted octanol–water partition coefficient (Wildman–Crippen LogP) is 3.55. The zero-order valence-electron chi connectivity index (χ0n) is 11.9. The van der Waals surface area contributed by atoms with Crippen molar-refractivity contribution < 1.29 is 4.79 Å². The Morgan fingerprint density at radius 2 is 2.18 bits per heavy atom. The number of anilines is 1. The van der Waals surface area contributed by atoms with E-state index in [-0.39, 0.29) is 24.4 Å². The number of nitrogens with one attached hydrogen (secondary N) is 2. The molecular weight excluding hydrogens is 358 g/mol. The molecule has 0 radical (unpaired) electrons. The zero-order chi connectivity index (χ0) is 14.7. The van der Waals surface area contributed by atoms with Gasteiger partial charge in [-0.3, -0.25) is 10.1 Å². The molecule has 2 heterocycles. The molecule has 1 aliphatic rings. The van der Waals surface area contributed by atoms with Gasteiger partial charge in [0.15, 0.2) is 5.13 Å². The van der Waals surface area contributed by atoms with Crippen LogP contribution in [-0.4, -0.2) is 34.8 Å². The maximum absolute atomic E-state index is 12.0. The zero-order valence-corrected chi connectivity index (χ0v) is 15.1. The molecule has 1 amide bonds. The van der Waals surface area contributed by atoms with Gasteiger partial charge in [-0.2, -0.15) is 0 Å². The molecule has 1 aliphatic heterocycles. The molecular formula is C14H16ClN3OS3. The van der Waals surface area contributed by atoms with Crippen molar-refractivity contribution in [3.63, 3.8) is 0 Å². The van der Waals surface area contributed by atoms with E-state index in [0.29, 0.717) is 5.13 Å². The Bertz CT molecular complexity index is 627. The van der Waals surface area contributed by atoms with Crippen LogP contribution in [0.5, 0.6) is 0 Å². The first kappa shape index (κ1) is 17.6. The molecule has 0 aliphatic carbocycles. The van der Waals surface area contributed by atoms with Crippen molar-refractivity contribution in [1.82, 2.24) is 10.3 Å². The smallest absolute Gasteiger partial charge is 0.244 e. The molecule has 0 saturated carbocycles. The number of hydrogen-bond acceptors (Lipinski definition) is 6. The van der Waals surface area contributed by atoms with Gasteiger partial charge in [0.25, 0.3) is 0 Å². The van der Waals surface area contributed by atoms with Crippen molar-refractivity contribution in [2.45, 2.75) is 10.9 Å². The van der Waals surface area contributed by atoms with Crippen molar-refractivity contribution in [1.29, 1.82) is 0 Å². The summed E-state index contributed by atoms with van der Waals surface area (Å²) in [4.78, 5) is 17.7. The van der Waals surface area contributed by atoms with Crippen molar-refractivity contribution in [3.05, 3.63) is 29.6 Å². The van der Waals surface area contributed by atoms with Gasteiger partial charge in [0.2, 0.25) is 5.91 Å². The Labute approximate surface area is 148 Å². The van der Waals surface area contributed by atoms with Gasteiger partial charge in [-0.15, -0.1) is 47.3 Å². The molecule has 8 heteroatoms. The second kappa shape index (κ2) is 8.21. The second-order valence-electron chi connectivity index (χ2n) is 4.53. The van der Waals surface area contributed by atoms with E-state index < -0.39 is 0 Å². The van der Waals surface area contributed by atoms with Crippen LogP contribution in [0.25, 0.3) is 11.3 Å². The standard InChI is InChI=1S/C14H15N3OS3.ClH/c1-19-10-4-2-9(3-5-10)11-7-21-14(16-11)17-13(18)12-6-20-8-15-12;/h2-5,7,12,15H,6,8H2,1H3,(H,16,17,18);1H. The summed E-state index contributed by atoms with van der Waals surface area (Å²) >= 11 is 4.91. The topological polar surface area (TPSA) is 54.0 Å². The summed E-state index contributed by atoms with van der Waals surface area (Å²) in [5.74, 6) is 1.65. The first-order valence-electron chi connectivity index (χ1n) is 6.48. The van der Waals surface area contributed by atoms with Gasteiger partial charge in [0, 0.05) is 27.5 Å². The van der Waals surface area contributed by atoms with E-state index in [1.807, 2.05) is 5.38 Å². The monoisotopic (exact) mass is 373 g/mol. The molecule has 2 N–H and O–H groups in total. The van der Waals surface area contributed by atoms with Crippen molar-refractivity contribution >= 4 is 58.3 Å². The number of halogens is 1. The number of amides is 1. The summed E-state index contributed by atoms with van der Waals surface area (Å²) in [5.41, 5.74) is 1.97. The minimum absolute atomic E-state index is 0. The van der Waals surface area contributed by atoms with E-state index >= 15 is 0 Å². The summed E-state index contributed by atoms with van der Waals surface area (Å²) < 4.78 is 0. The van der Waals surface area contributed by atoms with Crippen LogP contribution in [0, 0.1) is 0 Å². The first-order valence-corrected chi connectivity index (χ1v) is 9.74. The summed E-state index contributed by atoms with van der Waals surface area (Å²) in [5, 5.41) is 8.67. The van der Waals surface area contributed by atoms with Crippen LogP contribution >= 0.6 is 47.3 Å². The second-order valence-corrected chi connectivity index (χ2v) is 7.30. The number of rotatable bonds is 4. The van der Waals surface area contributed by atoms with Crippen molar-refractivity contribution in [3.8, 4) is 11.3 Å². The molecule has 1 unspecified atom stereocenters. The first-order chi connectivity index (χ1) is 10.3. The Hall–Kier alpha value is -0.730. The largest absolute Gasteiger partial charge is 0.301 e.